The Balaban J connectivity index is 2.27. The van der Waals surface area contributed by atoms with E-state index in [1.54, 1.807) is 0 Å². The van der Waals surface area contributed by atoms with Crippen molar-refractivity contribution in [1.82, 2.24) is 4.90 Å². The second-order valence-electron chi connectivity index (χ2n) is 5.45. The fraction of sp³-hybridized carbons (Fsp3) is 0.158. The topological polar surface area (TPSA) is 37.4 Å². The first kappa shape index (κ1) is 15.4. The molecule has 2 heterocycles. The zero-order chi connectivity index (χ0) is 16.6. The number of aryl methyl sites for hydroxylation is 1. The number of hydrogen-bond acceptors (Lipinski definition) is 3. The average Bonchev–Trinajstić information content (AvgIpc) is 3.14. The predicted molar refractivity (Wildman–Crippen MR) is 93.8 cm³/mol. The Hall–Kier alpha value is -2.46. The van der Waals surface area contributed by atoms with E-state index in [9.17, 15) is 9.59 Å². The van der Waals surface area contributed by atoms with Crippen molar-refractivity contribution in [2.75, 3.05) is 7.05 Å². The number of thiophene rings is 1. The van der Waals surface area contributed by atoms with E-state index >= 15 is 0 Å². The fourth-order valence-electron chi connectivity index (χ4n) is 2.88. The van der Waals surface area contributed by atoms with Gasteiger partial charge in [0.2, 0.25) is 0 Å². The smallest absolute Gasteiger partial charge is 0.261 e. The number of allylic oxidation sites excluding steroid dienone is 1. The molecule has 23 heavy (non-hydrogen) atoms. The first-order chi connectivity index (χ1) is 11.1. The van der Waals surface area contributed by atoms with Gasteiger partial charge in [-0.15, -0.1) is 0 Å². The van der Waals surface area contributed by atoms with Crippen LogP contribution in [-0.4, -0.2) is 23.8 Å². The Kier molecular flexibility index (Phi) is 4.01. The summed E-state index contributed by atoms with van der Waals surface area (Å²) < 4.78 is 0. The zero-order valence-electron chi connectivity index (χ0n) is 13.3. The number of carbonyl (C=O) groups excluding carboxylic acids is 2. The summed E-state index contributed by atoms with van der Waals surface area (Å²) in [5.74, 6) is -0.483. The molecule has 2 aromatic rings. The average molecular weight is 323 g/mol. The maximum atomic E-state index is 12.7. The Bertz CT molecular complexity index is 844. The summed E-state index contributed by atoms with van der Waals surface area (Å²) in [6.45, 7) is 3.91. The minimum absolute atomic E-state index is 0.240. The zero-order valence-corrected chi connectivity index (χ0v) is 14.1. The molecule has 4 heteroatoms. The molecule has 2 amide bonds. The summed E-state index contributed by atoms with van der Waals surface area (Å²) >= 11 is 1.52. The molecule has 1 aromatic heterocycles. The SMILES string of the molecule is C/C=C(/C1=C(c2ccsc2)C(=O)N(C)C1=O)c1ccccc1C. The molecule has 0 fully saturated rings. The first-order valence-corrected chi connectivity index (χ1v) is 8.32. The highest BCUT2D eigenvalue weighted by atomic mass is 32.1. The molecule has 0 saturated heterocycles. The highest BCUT2D eigenvalue weighted by Crippen LogP contribution is 2.38. The van der Waals surface area contributed by atoms with Crippen LogP contribution < -0.4 is 0 Å². The minimum atomic E-state index is -0.243. The van der Waals surface area contributed by atoms with E-state index in [4.69, 9.17) is 0 Å². The molecule has 0 saturated carbocycles. The van der Waals surface area contributed by atoms with Gasteiger partial charge in [-0.05, 0) is 52.9 Å². The van der Waals surface area contributed by atoms with Crippen LogP contribution in [0.4, 0.5) is 0 Å². The molecule has 0 unspecified atom stereocenters. The van der Waals surface area contributed by atoms with Gasteiger partial charge in [0.15, 0.2) is 0 Å². The maximum Gasteiger partial charge on any atom is 0.261 e. The number of imide groups is 1. The molecule has 0 N–H and O–H groups in total. The molecule has 0 aliphatic carbocycles. The maximum absolute atomic E-state index is 12.7. The Morgan fingerprint density at radius 1 is 1.13 bits per heavy atom. The van der Waals surface area contributed by atoms with Crippen LogP contribution in [0.15, 0.2) is 52.7 Å². The van der Waals surface area contributed by atoms with Gasteiger partial charge in [-0.25, -0.2) is 0 Å². The van der Waals surface area contributed by atoms with Crippen LogP contribution in [-0.2, 0) is 9.59 Å². The molecule has 0 spiro atoms. The van der Waals surface area contributed by atoms with Gasteiger partial charge in [0.05, 0.1) is 11.1 Å². The number of likely N-dealkylation sites (N-methyl/N-ethyl adjacent to an activating group) is 1. The monoisotopic (exact) mass is 323 g/mol. The van der Waals surface area contributed by atoms with Crippen LogP contribution in [0.25, 0.3) is 11.1 Å². The highest BCUT2D eigenvalue weighted by molar-refractivity contribution is 7.08. The fourth-order valence-corrected chi connectivity index (χ4v) is 3.52. The van der Waals surface area contributed by atoms with Gasteiger partial charge < -0.3 is 0 Å². The molecule has 1 aliphatic heterocycles. The van der Waals surface area contributed by atoms with Gasteiger partial charge in [0, 0.05) is 7.05 Å². The highest BCUT2D eigenvalue weighted by Gasteiger charge is 2.38. The quantitative estimate of drug-likeness (QED) is 0.803. The van der Waals surface area contributed by atoms with Crippen molar-refractivity contribution in [1.29, 1.82) is 0 Å². The van der Waals surface area contributed by atoms with E-state index in [2.05, 4.69) is 0 Å². The summed E-state index contributed by atoms with van der Waals surface area (Å²) in [4.78, 5) is 26.5. The molecule has 3 rings (SSSR count). The molecule has 0 radical (unpaired) electrons. The number of hydrogen-bond donors (Lipinski definition) is 0. The van der Waals surface area contributed by atoms with Gasteiger partial charge in [-0.2, -0.15) is 11.3 Å². The van der Waals surface area contributed by atoms with Crippen LogP contribution in [0.3, 0.4) is 0 Å². The molecule has 0 bridgehead atoms. The minimum Gasteiger partial charge on any atom is -0.277 e. The summed E-state index contributed by atoms with van der Waals surface area (Å²) in [6.07, 6.45) is 1.91. The van der Waals surface area contributed by atoms with E-state index < -0.39 is 0 Å². The second-order valence-corrected chi connectivity index (χ2v) is 6.23. The Labute approximate surface area is 139 Å². The Morgan fingerprint density at radius 3 is 2.48 bits per heavy atom. The van der Waals surface area contributed by atoms with Gasteiger partial charge in [0.25, 0.3) is 11.8 Å². The van der Waals surface area contributed by atoms with Crippen molar-refractivity contribution in [3.05, 3.63) is 69.4 Å². The van der Waals surface area contributed by atoms with Gasteiger partial charge in [-0.3, -0.25) is 14.5 Å². The molecule has 0 atom stereocenters. The standard InChI is InChI=1S/C19H17NO2S/c1-4-14(15-8-6-5-7-12(15)2)17-16(13-9-10-23-11-13)18(21)20(3)19(17)22/h4-11H,1-3H3/b14-4+. The van der Waals surface area contributed by atoms with Gasteiger partial charge in [-0.1, -0.05) is 30.3 Å². The molecule has 1 aromatic carbocycles. The summed E-state index contributed by atoms with van der Waals surface area (Å²) in [7, 11) is 1.54. The van der Waals surface area contributed by atoms with Crippen LogP contribution in [0, 0.1) is 6.92 Å². The van der Waals surface area contributed by atoms with Gasteiger partial charge >= 0.3 is 0 Å². The third-order valence-electron chi connectivity index (χ3n) is 4.09. The molecule has 116 valence electrons. The number of carbonyl (C=O) groups is 2. The third kappa shape index (κ3) is 2.45. The van der Waals surface area contributed by atoms with Crippen LogP contribution in [0.2, 0.25) is 0 Å². The van der Waals surface area contributed by atoms with Crippen LogP contribution in [0.5, 0.6) is 0 Å². The van der Waals surface area contributed by atoms with Crippen LogP contribution >= 0.6 is 11.3 Å². The van der Waals surface area contributed by atoms with Crippen molar-refractivity contribution < 1.29 is 9.59 Å². The molecular formula is C19H17NO2S. The number of nitrogens with zero attached hydrogens (tertiary/aromatic N) is 1. The third-order valence-corrected chi connectivity index (χ3v) is 4.77. The van der Waals surface area contributed by atoms with Crippen molar-refractivity contribution in [3.63, 3.8) is 0 Å². The normalized spacial score (nSPS) is 15.8. The number of rotatable bonds is 3. The summed E-state index contributed by atoms with van der Waals surface area (Å²) in [5, 5.41) is 3.82. The molecule has 3 nitrogen and oxygen atoms in total. The summed E-state index contributed by atoms with van der Waals surface area (Å²) in [6, 6.07) is 9.79. The lowest BCUT2D eigenvalue weighted by Gasteiger charge is -2.12. The largest absolute Gasteiger partial charge is 0.277 e. The van der Waals surface area contributed by atoms with Crippen LogP contribution in [0.1, 0.15) is 23.6 Å². The number of amides is 2. The molecule has 1 aliphatic rings. The van der Waals surface area contributed by atoms with Crippen molar-refractivity contribution >= 4 is 34.3 Å². The Morgan fingerprint density at radius 2 is 1.87 bits per heavy atom. The predicted octanol–water partition coefficient (Wildman–Crippen LogP) is 3.91. The van der Waals surface area contributed by atoms with Crippen molar-refractivity contribution in [2.45, 2.75) is 13.8 Å². The van der Waals surface area contributed by atoms with E-state index in [0.717, 1.165) is 22.3 Å². The van der Waals surface area contributed by atoms with Crippen molar-refractivity contribution in [2.24, 2.45) is 0 Å². The first-order valence-electron chi connectivity index (χ1n) is 7.38. The van der Waals surface area contributed by atoms with E-state index in [-0.39, 0.29) is 11.8 Å². The second kappa shape index (κ2) is 5.97. The van der Waals surface area contributed by atoms with Crippen molar-refractivity contribution in [3.8, 4) is 0 Å². The molecular weight excluding hydrogens is 306 g/mol. The lowest BCUT2D eigenvalue weighted by molar-refractivity contribution is -0.135. The number of benzene rings is 1. The van der Waals surface area contributed by atoms with E-state index in [1.807, 2.05) is 61.0 Å². The summed E-state index contributed by atoms with van der Waals surface area (Å²) in [5.41, 5.74) is 4.66. The van der Waals surface area contributed by atoms with E-state index in [1.165, 1.54) is 23.3 Å². The van der Waals surface area contributed by atoms with E-state index in [0.29, 0.717) is 11.1 Å². The van der Waals surface area contributed by atoms with Gasteiger partial charge in [0.1, 0.15) is 0 Å². The lowest BCUT2D eigenvalue weighted by atomic mass is 9.90. The lowest BCUT2D eigenvalue weighted by Crippen LogP contribution is -2.27.